The highest BCUT2D eigenvalue weighted by molar-refractivity contribution is 6.07. The Hall–Kier alpha value is -2.96. The van der Waals surface area contributed by atoms with Crippen LogP contribution < -0.4 is 5.32 Å². The molecule has 2 amide bonds. The average molecular weight is 368 g/mol. The van der Waals surface area contributed by atoms with E-state index in [-0.39, 0.29) is 23.5 Å². The van der Waals surface area contributed by atoms with Gasteiger partial charge >= 0.3 is 0 Å². The van der Waals surface area contributed by atoms with Gasteiger partial charge in [-0.15, -0.1) is 0 Å². The normalized spacial score (nSPS) is 16.8. The number of hydrogen-bond acceptors (Lipinski definition) is 4. The zero-order valence-corrected chi connectivity index (χ0v) is 15.6. The fraction of sp³-hybridized carbons (Fsp3) is 0.400. The van der Waals surface area contributed by atoms with Crippen molar-refractivity contribution in [3.8, 4) is 0 Å². The first kappa shape index (κ1) is 18.8. The van der Waals surface area contributed by atoms with Crippen molar-refractivity contribution in [2.24, 2.45) is 13.0 Å². The maximum Gasteiger partial charge on any atom is 0.229 e. The Labute approximate surface area is 158 Å². The van der Waals surface area contributed by atoms with Crippen molar-refractivity contribution in [1.29, 1.82) is 0 Å². The van der Waals surface area contributed by atoms with Crippen molar-refractivity contribution >= 4 is 23.3 Å². The largest absolute Gasteiger partial charge is 0.342 e. The van der Waals surface area contributed by atoms with Crippen molar-refractivity contribution in [2.45, 2.75) is 26.2 Å². The standard InChI is InChI=1S/C20H24N4O3/c1-3-17(25)24-11-4-5-15(13-24)20(27)22-16-8-6-14(7-9-16)18(26)19-21-10-12-23(19)2/h6-10,12,15H,3-5,11,13H2,1-2H3,(H,22,27). The van der Waals surface area contributed by atoms with E-state index in [1.165, 1.54) is 0 Å². The van der Waals surface area contributed by atoms with Crippen LogP contribution in [0, 0.1) is 5.92 Å². The summed E-state index contributed by atoms with van der Waals surface area (Å²) in [5.74, 6) is -0.00407. The first-order chi connectivity index (χ1) is 13.0. The minimum absolute atomic E-state index is 0.0876. The second-order valence-corrected chi connectivity index (χ2v) is 6.79. The molecule has 7 nitrogen and oxygen atoms in total. The lowest BCUT2D eigenvalue weighted by Crippen LogP contribution is -2.43. The summed E-state index contributed by atoms with van der Waals surface area (Å²) in [5, 5.41) is 2.89. The molecule has 0 saturated carbocycles. The Morgan fingerprint density at radius 3 is 2.59 bits per heavy atom. The van der Waals surface area contributed by atoms with E-state index >= 15 is 0 Å². The molecule has 27 heavy (non-hydrogen) atoms. The summed E-state index contributed by atoms with van der Waals surface area (Å²) >= 11 is 0. The van der Waals surface area contributed by atoms with E-state index in [1.807, 2.05) is 6.92 Å². The molecule has 1 saturated heterocycles. The van der Waals surface area contributed by atoms with Gasteiger partial charge in [-0.1, -0.05) is 6.92 Å². The fourth-order valence-electron chi connectivity index (χ4n) is 3.30. The van der Waals surface area contributed by atoms with Crippen molar-refractivity contribution in [3.05, 3.63) is 48.0 Å². The van der Waals surface area contributed by atoms with Gasteiger partial charge < -0.3 is 14.8 Å². The number of carbonyl (C=O) groups is 3. The molecule has 2 aromatic rings. The van der Waals surface area contributed by atoms with Gasteiger partial charge in [0.05, 0.1) is 5.92 Å². The average Bonchev–Trinajstić information content (AvgIpc) is 3.13. The molecule has 1 aliphatic heterocycles. The Morgan fingerprint density at radius 1 is 1.22 bits per heavy atom. The van der Waals surface area contributed by atoms with Gasteiger partial charge in [0.1, 0.15) is 0 Å². The van der Waals surface area contributed by atoms with Gasteiger partial charge in [-0.05, 0) is 37.1 Å². The van der Waals surface area contributed by atoms with Crippen LogP contribution in [0.5, 0.6) is 0 Å². The second kappa shape index (κ2) is 8.16. The van der Waals surface area contributed by atoms with Gasteiger partial charge in [-0.3, -0.25) is 14.4 Å². The van der Waals surface area contributed by atoms with Crippen molar-refractivity contribution in [3.63, 3.8) is 0 Å². The van der Waals surface area contributed by atoms with E-state index in [1.54, 1.807) is 53.2 Å². The molecule has 0 spiro atoms. The summed E-state index contributed by atoms with van der Waals surface area (Å²) in [6.07, 6.45) is 5.37. The molecule has 0 bridgehead atoms. The van der Waals surface area contributed by atoms with Crippen LogP contribution in [0.2, 0.25) is 0 Å². The van der Waals surface area contributed by atoms with Crippen LogP contribution in [-0.2, 0) is 16.6 Å². The number of benzene rings is 1. The van der Waals surface area contributed by atoms with Crippen molar-refractivity contribution in [1.82, 2.24) is 14.5 Å². The molecule has 3 rings (SSSR count). The number of ketones is 1. The molecule has 0 aliphatic carbocycles. The molecule has 1 aromatic carbocycles. The summed E-state index contributed by atoms with van der Waals surface area (Å²) in [4.78, 5) is 42.7. The zero-order valence-electron chi connectivity index (χ0n) is 15.6. The molecule has 142 valence electrons. The van der Waals surface area contributed by atoms with E-state index in [2.05, 4.69) is 10.3 Å². The van der Waals surface area contributed by atoms with Crippen LogP contribution in [0.15, 0.2) is 36.7 Å². The van der Waals surface area contributed by atoms with Crippen LogP contribution in [0.25, 0.3) is 0 Å². The number of anilines is 1. The molecule has 1 N–H and O–H groups in total. The Balaban J connectivity index is 1.62. The van der Waals surface area contributed by atoms with E-state index < -0.39 is 0 Å². The van der Waals surface area contributed by atoms with Crippen LogP contribution in [0.3, 0.4) is 0 Å². The molecule has 2 heterocycles. The Kier molecular flexibility index (Phi) is 5.69. The Bertz CT molecular complexity index is 841. The molecular formula is C20H24N4O3. The number of rotatable bonds is 5. The number of amides is 2. The Morgan fingerprint density at radius 2 is 1.96 bits per heavy atom. The molecule has 7 heteroatoms. The SMILES string of the molecule is CCC(=O)N1CCCC(C(=O)Nc2ccc(C(=O)c3nccn3C)cc2)C1. The summed E-state index contributed by atoms with van der Waals surface area (Å²) in [6.45, 7) is 3.02. The maximum absolute atomic E-state index is 12.5. The van der Waals surface area contributed by atoms with Gasteiger partial charge in [-0.2, -0.15) is 0 Å². The number of piperidine rings is 1. The summed E-state index contributed by atoms with van der Waals surface area (Å²) < 4.78 is 1.67. The topological polar surface area (TPSA) is 84.3 Å². The molecule has 1 atom stereocenters. The van der Waals surface area contributed by atoms with Crippen molar-refractivity contribution < 1.29 is 14.4 Å². The minimum atomic E-state index is -0.205. The van der Waals surface area contributed by atoms with Gasteiger partial charge in [0.2, 0.25) is 17.6 Å². The zero-order chi connectivity index (χ0) is 19.4. The number of aryl methyl sites for hydroxylation is 1. The quantitative estimate of drug-likeness (QED) is 0.821. The number of nitrogens with one attached hydrogen (secondary N) is 1. The highest BCUT2D eigenvalue weighted by atomic mass is 16.2. The van der Waals surface area contributed by atoms with E-state index in [0.29, 0.717) is 30.0 Å². The van der Waals surface area contributed by atoms with E-state index in [0.717, 1.165) is 19.4 Å². The molecule has 1 fully saturated rings. The van der Waals surface area contributed by atoms with Crippen LogP contribution in [0.1, 0.15) is 42.4 Å². The predicted molar refractivity (Wildman–Crippen MR) is 101 cm³/mol. The minimum Gasteiger partial charge on any atom is -0.342 e. The lowest BCUT2D eigenvalue weighted by molar-refractivity contribution is -0.134. The van der Waals surface area contributed by atoms with Crippen LogP contribution in [0.4, 0.5) is 5.69 Å². The molecular weight excluding hydrogens is 344 g/mol. The van der Waals surface area contributed by atoms with Gasteiger partial charge in [-0.25, -0.2) is 4.98 Å². The monoisotopic (exact) mass is 368 g/mol. The fourth-order valence-corrected chi connectivity index (χ4v) is 3.30. The van der Waals surface area contributed by atoms with Crippen LogP contribution in [-0.4, -0.2) is 45.1 Å². The van der Waals surface area contributed by atoms with E-state index in [9.17, 15) is 14.4 Å². The van der Waals surface area contributed by atoms with Crippen LogP contribution >= 0.6 is 0 Å². The third-order valence-electron chi connectivity index (χ3n) is 4.89. The summed E-state index contributed by atoms with van der Waals surface area (Å²) in [5.41, 5.74) is 1.15. The molecule has 1 aliphatic rings. The number of hydrogen-bond donors (Lipinski definition) is 1. The number of aromatic nitrogens is 2. The smallest absolute Gasteiger partial charge is 0.229 e. The highest BCUT2D eigenvalue weighted by Crippen LogP contribution is 2.20. The third kappa shape index (κ3) is 4.24. The maximum atomic E-state index is 12.5. The first-order valence-corrected chi connectivity index (χ1v) is 9.20. The molecule has 1 unspecified atom stereocenters. The number of nitrogens with zero attached hydrogens (tertiary/aromatic N) is 3. The molecule has 0 radical (unpaired) electrons. The number of likely N-dealkylation sites (tertiary alicyclic amines) is 1. The summed E-state index contributed by atoms with van der Waals surface area (Å²) in [7, 11) is 1.77. The van der Waals surface area contributed by atoms with E-state index in [4.69, 9.17) is 0 Å². The van der Waals surface area contributed by atoms with Gasteiger partial charge in [0.25, 0.3) is 0 Å². The van der Waals surface area contributed by atoms with Gasteiger partial charge in [0.15, 0.2) is 5.82 Å². The third-order valence-corrected chi connectivity index (χ3v) is 4.89. The number of imidazole rings is 1. The van der Waals surface area contributed by atoms with Gasteiger partial charge in [0, 0.05) is 50.2 Å². The lowest BCUT2D eigenvalue weighted by atomic mass is 9.96. The predicted octanol–water partition coefficient (Wildman–Crippen LogP) is 2.24. The van der Waals surface area contributed by atoms with Crippen molar-refractivity contribution in [2.75, 3.05) is 18.4 Å². The first-order valence-electron chi connectivity index (χ1n) is 9.20. The lowest BCUT2D eigenvalue weighted by Gasteiger charge is -2.31. The number of carbonyl (C=O) groups excluding carboxylic acids is 3. The molecule has 1 aromatic heterocycles. The highest BCUT2D eigenvalue weighted by Gasteiger charge is 2.27. The second-order valence-electron chi connectivity index (χ2n) is 6.79. The summed E-state index contributed by atoms with van der Waals surface area (Å²) in [6, 6.07) is 6.79.